The molecule has 0 unspecified atom stereocenters. The Bertz CT molecular complexity index is 276. The third-order valence-electron chi connectivity index (χ3n) is 0.772. The summed E-state index contributed by atoms with van der Waals surface area (Å²) in [6.45, 7) is 5.38. The van der Waals surface area contributed by atoms with Crippen LogP contribution in [0.15, 0.2) is 4.52 Å². The predicted molar refractivity (Wildman–Crippen MR) is 43.0 cm³/mol. The summed E-state index contributed by atoms with van der Waals surface area (Å²) in [6, 6.07) is 0. The van der Waals surface area contributed by atoms with Gasteiger partial charge in [0, 0.05) is 6.92 Å². The highest BCUT2D eigenvalue weighted by Gasteiger charge is 2.01. The average Bonchev–Trinajstić information content (AvgIpc) is 2.40. The molecule has 0 aliphatic carbocycles. The standard InChI is InChI=1S/C4H4N2O2S.C2H6/c1-2(7)3-5-4(9)8-6-3;1-2/h1H3,(H,5,6,9);1-2H3. The molecular weight excluding hydrogens is 164 g/mol. The minimum absolute atomic E-state index is 0.0557. The summed E-state index contributed by atoms with van der Waals surface area (Å²) in [7, 11) is 0. The van der Waals surface area contributed by atoms with Crippen LogP contribution in [0, 0.1) is 4.84 Å². The molecule has 0 fully saturated rings. The quantitative estimate of drug-likeness (QED) is 0.522. The van der Waals surface area contributed by atoms with Crippen LogP contribution in [-0.4, -0.2) is 15.9 Å². The van der Waals surface area contributed by atoms with Gasteiger partial charge < -0.3 is 4.52 Å². The van der Waals surface area contributed by atoms with Gasteiger partial charge in [0.05, 0.1) is 0 Å². The Hall–Kier alpha value is -0.970. The van der Waals surface area contributed by atoms with Crippen LogP contribution in [0.1, 0.15) is 31.4 Å². The van der Waals surface area contributed by atoms with Crippen molar-refractivity contribution in [1.29, 1.82) is 0 Å². The minimum atomic E-state index is -0.185. The first-order valence-electron chi connectivity index (χ1n) is 3.26. The minimum Gasteiger partial charge on any atom is -0.348 e. The summed E-state index contributed by atoms with van der Waals surface area (Å²) in [5, 5.41) is 2.27. The van der Waals surface area contributed by atoms with E-state index in [2.05, 4.69) is 26.9 Å². The SMILES string of the molecule is CC.CC(=O)c1nc(=S)o[nH]1. The fraction of sp³-hybridized carbons (Fsp3) is 0.500. The van der Waals surface area contributed by atoms with Crippen molar-refractivity contribution in [3.05, 3.63) is 10.7 Å². The number of nitrogens with one attached hydrogen (secondary N) is 1. The highest BCUT2D eigenvalue weighted by atomic mass is 32.1. The number of rotatable bonds is 1. The second-order valence-corrected chi connectivity index (χ2v) is 1.84. The smallest absolute Gasteiger partial charge is 0.314 e. The van der Waals surface area contributed by atoms with Gasteiger partial charge in [0.1, 0.15) is 0 Å². The number of nitrogens with zero attached hydrogens (tertiary/aromatic N) is 1. The zero-order valence-corrected chi connectivity index (χ0v) is 7.49. The molecular formula is C6H10N2O2S. The van der Waals surface area contributed by atoms with Crippen LogP contribution in [0.4, 0.5) is 0 Å². The number of aromatic amines is 1. The number of ketones is 1. The fourth-order valence-electron chi connectivity index (χ4n) is 0.380. The molecule has 11 heavy (non-hydrogen) atoms. The third-order valence-corrected chi connectivity index (χ3v) is 0.946. The Morgan fingerprint density at radius 1 is 1.64 bits per heavy atom. The van der Waals surface area contributed by atoms with Crippen LogP contribution in [0.2, 0.25) is 0 Å². The Labute approximate surface area is 69.6 Å². The lowest BCUT2D eigenvalue weighted by Gasteiger charge is -1.77. The molecule has 1 aromatic heterocycles. The maximum Gasteiger partial charge on any atom is 0.314 e. The van der Waals surface area contributed by atoms with Gasteiger partial charge in [-0.1, -0.05) is 13.8 Å². The third kappa shape index (κ3) is 3.08. The molecule has 0 bridgehead atoms. The summed E-state index contributed by atoms with van der Waals surface area (Å²) >= 11 is 4.49. The van der Waals surface area contributed by atoms with E-state index in [1.54, 1.807) is 0 Å². The van der Waals surface area contributed by atoms with E-state index < -0.39 is 0 Å². The van der Waals surface area contributed by atoms with Gasteiger partial charge in [-0.05, 0) is 12.2 Å². The van der Waals surface area contributed by atoms with Gasteiger partial charge in [0.2, 0.25) is 5.82 Å². The van der Waals surface area contributed by atoms with E-state index in [-0.39, 0.29) is 16.4 Å². The Morgan fingerprint density at radius 2 is 2.18 bits per heavy atom. The van der Waals surface area contributed by atoms with Crippen molar-refractivity contribution in [3.63, 3.8) is 0 Å². The average molecular weight is 174 g/mol. The molecule has 0 saturated heterocycles. The van der Waals surface area contributed by atoms with E-state index in [0.717, 1.165) is 0 Å². The Balaban J connectivity index is 0.000000461. The van der Waals surface area contributed by atoms with Crippen molar-refractivity contribution < 1.29 is 9.32 Å². The maximum atomic E-state index is 10.5. The molecule has 0 aromatic carbocycles. The molecule has 4 nitrogen and oxygen atoms in total. The van der Waals surface area contributed by atoms with E-state index in [1.165, 1.54) is 6.92 Å². The largest absolute Gasteiger partial charge is 0.348 e. The normalized spacial score (nSPS) is 8.27. The summed E-state index contributed by atoms with van der Waals surface area (Å²) < 4.78 is 4.48. The van der Waals surface area contributed by atoms with E-state index in [0.29, 0.717) is 0 Å². The lowest BCUT2D eigenvalue weighted by molar-refractivity contribution is 0.100. The van der Waals surface area contributed by atoms with Crippen LogP contribution in [0.25, 0.3) is 0 Å². The molecule has 0 spiro atoms. The zero-order valence-electron chi connectivity index (χ0n) is 6.67. The highest BCUT2D eigenvalue weighted by molar-refractivity contribution is 7.71. The first-order valence-corrected chi connectivity index (χ1v) is 3.67. The maximum absolute atomic E-state index is 10.5. The summed E-state index contributed by atoms with van der Waals surface area (Å²) in [4.78, 5) is 14.1. The van der Waals surface area contributed by atoms with E-state index >= 15 is 0 Å². The van der Waals surface area contributed by atoms with Crippen molar-refractivity contribution in [2.45, 2.75) is 20.8 Å². The van der Waals surface area contributed by atoms with Crippen LogP contribution < -0.4 is 0 Å². The van der Waals surface area contributed by atoms with Gasteiger partial charge in [0.15, 0.2) is 5.78 Å². The number of H-pyrrole nitrogens is 1. The van der Waals surface area contributed by atoms with Crippen molar-refractivity contribution in [1.82, 2.24) is 10.1 Å². The number of Topliss-reactive ketones (excluding diaryl/α,β-unsaturated/α-hetero) is 1. The summed E-state index contributed by atoms with van der Waals surface area (Å²) in [5.74, 6) is -0.0187. The molecule has 1 N–H and O–H groups in total. The first kappa shape index (κ1) is 10.0. The fourth-order valence-corrected chi connectivity index (χ4v) is 0.512. The summed E-state index contributed by atoms with van der Waals surface area (Å²) in [6.07, 6.45) is 0. The van der Waals surface area contributed by atoms with Crippen molar-refractivity contribution in [3.8, 4) is 0 Å². The van der Waals surface area contributed by atoms with Crippen LogP contribution in [0.3, 0.4) is 0 Å². The van der Waals surface area contributed by atoms with Crippen LogP contribution in [0.5, 0.6) is 0 Å². The molecule has 0 radical (unpaired) electrons. The number of carbonyl (C=O) groups excluding carboxylic acids is 1. The van der Waals surface area contributed by atoms with E-state index in [4.69, 9.17) is 0 Å². The molecule has 1 rings (SSSR count). The number of hydrogen-bond acceptors (Lipinski definition) is 4. The molecule has 0 aliphatic heterocycles. The topological polar surface area (TPSA) is 58.9 Å². The second kappa shape index (κ2) is 4.79. The van der Waals surface area contributed by atoms with Crippen LogP contribution in [-0.2, 0) is 0 Å². The van der Waals surface area contributed by atoms with Crippen molar-refractivity contribution in [2.75, 3.05) is 0 Å². The highest BCUT2D eigenvalue weighted by Crippen LogP contribution is 1.90. The predicted octanol–water partition coefficient (Wildman–Crippen LogP) is 1.96. The van der Waals surface area contributed by atoms with E-state index in [9.17, 15) is 4.79 Å². The Kier molecular flexibility index (Phi) is 4.36. The molecule has 0 saturated carbocycles. The van der Waals surface area contributed by atoms with E-state index in [1.807, 2.05) is 13.8 Å². The second-order valence-electron chi connectivity index (χ2n) is 1.49. The first-order chi connectivity index (χ1) is 5.20. The Morgan fingerprint density at radius 3 is 2.36 bits per heavy atom. The molecule has 0 aliphatic rings. The lowest BCUT2D eigenvalue weighted by atomic mass is 10.4. The molecule has 1 heterocycles. The molecule has 1 aromatic rings. The lowest BCUT2D eigenvalue weighted by Crippen LogP contribution is -1.93. The molecule has 0 atom stereocenters. The van der Waals surface area contributed by atoms with Gasteiger partial charge in [0.25, 0.3) is 0 Å². The number of hydrogen-bond donors (Lipinski definition) is 1. The number of carbonyl (C=O) groups is 1. The van der Waals surface area contributed by atoms with Gasteiger partial charge >= 0.3 is 4.84 Å². The van der Waals surface area contributed by atoms with Gasteiger partial charge in [-0.15, -0.1) is 0 Å². The monoisotopic (exact) mass is 174 g/mol. The van der Waals surface area contributed by atoms with Gasteiger partial charge in [-0.3, -0.25) is 4.79 Å². The van der Waals surface area contributed by atoms with Crippen molar-refractivity contribution in [2.24, 2.45) is 0 Å². The zero-order chi connectivity index (χ0) is 8.85. The number of aromatic nitrogens is 2. The van der Waals surface area contributed by atoms with Gasteiger partial charge in [-0.2, -0.15) is 10.1 Å². The van der Waals surface area contributed by atoms with Crippen LogP contribution >= 0.6 is 12.2 Å². The molecule has 0 amide bonds. The summed E-state index contributed by atoms with van der Waals surface area (Å²) in [5.41, 5.74) is 0. The van der Waals surface area contributed by atoms with Crippen molar-refractivity contribution >= 4 is 18.0 Å². The molecule has 62 valence electrons. The van der Waals surface area contributed by atoms with Gasteiger partial charge in [-0.25, -0.2) is 0 Å². The molecule has 5 heteroatoms.